The Bertz CT molecular complexity index is 1400. The topological polar surface area (TPSA) is 140 Å². The van der Waals surface area contributed by atoms with Gasteiger partial charge in [0.15, 0.2) is 34.6 Å². The molecule has 44 heavy (non-hydrogen) atoms. The molecule has 0 saturated heterocycles. The molecule has 0 saturated carbocycles. The van der Waals surface area contributed by atoms with Crippen LogP contribution in [0.2, 0.25) is 0 Å². The van der Waals surface area contributed by atoms with E-state index < -0.39 is 0 Å². The predicted molar refractivity (Wildman–Crippen MR) is 163 cm³/mol. The van der Waals surface area contributed by atoms with Crippen LogP contribution >= 0.6 is 0 Å². The Morgan fingerprint density at radius 1 is 0.818 bits per heavy atom. The SMILES string of the molecule is CCOCCOCCOCCn1cc(COc2ccc(/C=C\C(=O)CC(=O)/C=C\c3ccc(O)c(OC)c3)cc2OC)nn1. The highest BCUT2D eigenvalue weighted by molar-refractivity contribution is 6.10. The van der Waals surface area contributed by atoms with E-state index in [1.807, 2.05) is 6.92 Å². The van der Waals surface area contributed by atoms with Crippen LogP contribution in [0, 0.1) is 0 Å². The van der Waals surface area contributed by atoms with Gasteiger partial charge in [0.05, 0.1) is 66.4 Å². The van der Waals surface area contributed by atoms with Crippen molar-refractivity contribution in [3.05, 3.63) is 71.6 Å². The molecule has 236 valence electrons. The van der Waals surface area contributed by atoms with Crippen LogP contribution < -0.4 is 14.2 Å². The first-order valence-corrected chi connectivity index (χ1v) is 14.1. The van der Waals surface area contributed by atoms with Gasteiger partial charge in [-0.15, -0.1) is 5.10 Å². The van der Waals surface area contributed by atoms with E-state index in [2.05, 4.69) is 10.3 Å². The second kappa shape index (κ2) is 18.9. The van der Waals surface area contributed by atoms with Gasteiger partial charge in [-0.2, -0.15) is 0 Å². The summed E-state index contributed by atoms with van der Waals surface area (Å²) in [6, 6.07) is 9.93. The van der Waals surface area contributed by atoms with Crippen LogP contribution in [0.3, 0.4) is 0 Å². The Balaban J connectivity index is 1.42. The molecule has 0 fully saturated rings. The van der Waals surface area contributed by atoms with Crippen molar-refractivity contribution in [2.45, 2.75) is 26.5 Å². The number of benzene rings is 2. The zero-order valence-electron chi connectivity index (χ0n) is 25.3. The standard InChI is InChI=1S/C32H39N3O9/c1-4-41-15-16-43-18-17-42-14-13-35-22-26(33-34-35)23-44-30-12-8-25(20-32(30)40-3)6-10-28(37)21-27(36)9-5-24-7-11-29(38)31(19-24)39-2/h5-12,19-20,22,38H,4,13-18,21,23H2,1-3H3/b9-5-,10-6-. The summed E-state index contributed by atoms with van der Waals surface area (Å²) in [5, 5.41) is 17.9. The van der Waals surface area contributed by atoms with Crippen molar-refractivity contribution in [1.82, 2.24) is 15.0 Å². The first-order valence-electron chi connectivity index (χ1n) is 14.1. The van der Waals surface area contributed by atoms with Crippen LogP contribution in [0.5, 0.6) is 23.0 Å². The summed E-state index contributed by atoms with van der Waals surface area (Å²) in [6.07, 6.45) is 7.35. The lowest BCUT2D eigenvalue weighted by molar-refractivity contribution is -0.121. The molecular weight excluding hydrogens is 570 g/mol. The minimum Gasteiger partial charge on any atom is -0.504 e. The summed E-state index contributed by atoms with van der Waals surface area (Å²) in [5.74, 6) is 0.581. The van der Waals surface area contributed by atoms with Crippen LogP contribution in [0.1, 0.15) is 30.2 Å². The number of allylic oxidation sites excluding steroid dienone is 2. The summed E-state index contributed by atoms with van der Waals surface area (Å²) < 4.78 is 34.2. The highest BCUT2D eigenvalue weighted by atomic mass is 16.5. The van der Waals surface area contributed by atoms with E-state index in [0.29, 0.717) is 80.3 Å². The van der Waals surface area contributed by atoms with Crippen LogP contribution in [-0.4, -0.2) is 85.5 Å². The van der Waals surface area contributed by atoms with Gasteiger partial charge in [-0.25, -0.2) is 4.68 Å². The molecule has 0 aliphatic carbocycles. The number of phenols is 1. The van der Waals surface area contributed by atoms with Gasteiger partial charge < -0.3 is 33.5 Å². The average molecular weight is 610 g/mol. The summed E-state index contributed by atoms with van der Waals surface area (Å²) in [7, 11) is 2.96. The molecule has 0 spiro atoms. The van der Waals surface area contributed by atoms with E-state index in [1.54, 1.807) is 53.4 Å². The monoisotopic (exact) mass is 609 g/mol. The number of rotatable bonds is 21. The maximum Gasteiger partial charge on any atom is 0.163 e. The first kappa shape index (κ1) is 34.0. The molecule has 2 aromatic carbocycles. The normalized spacial score (nSPS) is 11.3. The molecule has 0 bridgehead atoms. The molecule has 0 aliphatic heterocycles. The Morgan fingerprint density at radius 2 is 1.43 bits per heavy atom. The fourth-order valence-electron chi connectivity index (χ4n) is 3.78. The van der Waals surface area contributed by atoms with Gasteiger partial charge >= 0.3 is 0 Å². The summed E-state index contributed by atoms with van der Waals surface area (Å²) in [4.78, 5) is 24.6. The van der Waals surface area contributed by atoms with E-state index in [4.69, 9.17) is 28.4 Å². The quantitative estimate of drug-likeness (QED) is 0.107. The molecule has 1 heterocycles. The zero-order valence-corrected chi connectivity index (χ0v) is 25.3. The molecule has 0 unspecified atom stereocenters. The van der Waals surface area contributed by atoms with Crippen molar-refractivity contribution in [2.24, 2.45) is 0 Å². The molecule has 0 aliphatic rings. The fraction of sp³-hybridized carbons (Fsp3) is 0.375. The number of ketones is 2. The Hall–Kier alpha value is -4.52. The number of aromatic nitrogens is 3. The number of nitrogens with zero attached hydrogens (tertiary/aromatic N) is 3. The minimum atomic E-state index is -0.351. The lowest BCUT2D eigenvalue weighted by Crippen LogP contribution is -2.12. The molecule has 0 radical (unpaired) electrons. The van der Waals surface area contributed by atoms with E-state index in [-0.39, 0.29) is 30.3 Å². The van der Waals surface area contributed by atoms with Crippen molar-refractivity contribution < 1.29 is 43.1 Å². The van der Waals surface area contributed by atoms with Gasteiger partial charge in [-0.05, 0) is 54.5 Å². The van der Waals surface area contributed by atoms with Gasteiger partial charge in [0, 0.05) is 6.61 Å². The van der Waals surface area contributed by atoms with Crippen molar-refractivity contribution in [1.29, 1.82) is 0 Å². The van der Waals surface area contributed by atoms with Crippen LogP contribution in [0.15, 0.2) is 54.7 Å². The van der Waals surface area contributed by atoms with Crippen LogP contribution in [0.4, 0.5) is 0 Å². The van der Waals surface area contributed by atoms with E-state index in [9.17, 15) is 14.7 Å². The highest BCUT2D eigenvalue weighted by Gasteiger charge is 2.09. The maximum atomic E-state index is 12.3. The van der Waals surface area contributed by atoms with Gasteiger partial charge in [0.1, 0.15) is 12.3 Å². The molecular formula is C32H39N3O9. The van der Waals surface area contributed by atoms with Crippen molar-refractivity contribution >= 4 is 23.7 Å². The highest BCUT2D eigenvalue weighted by Crippen LogP contribution is 2.29. The third kappa shape index (κ3) is 12.0. The van der Waals surface area contributed by atoms with Crippen LogP contribution in [0.25, 0.3) is 12.2 Å². The number of methoxy groups -OCH3 is 2. The third-order valence-electron chi connectivity index (χ3n) is 6.04. The smallest absolute Gasteiger partial charge is 0.163 e. The summed E-state index contributed by atoms with van der Waals surface area (Å²) >= 11 is 0. The predicted octanol–water partition coefficient (Wildman–Crippen LogP) is 3.90. The fourth-order valence-corrected chi connectivity index (χ4v) is 3.78. The molecule has 0 amide bonds. The molecule has 3 rings (SSSR count). The molecule has 1 N–H and O–H groups in total. The third-order valence-corrected chi connectivity index (χ3v) is 6.04. The number of ether oxygens (including phenoxy) is 6. The second-order valence-corrected chi connectivity index (χ2v) is 9.30. The number of hydrogen-bond acceptors (Lipinski definition) is 11. The minimum absolute atomic E-state index is 0.00138. The zero-order chi connectivity index (χ0) is 31.6. The largest absolute Gasteiger partial charge is 0.504 e. The summed E-state index contributed by atoms with van der Waals surface area (Å²) in [5.41, 5.74) is 2.00. The van der Waals surface area contributed by atoms with Gasteiger partial charge in [-0.3, -0.25) is 9.59 Å². The lowest BCUT2D eigenvalue weighted by atomic mass is 10.1. The molecule has 12 nitrogen and oxygen atoms in total. The Morgan fingerprint density at radius 3 is 2.09 bits per heavy atom. The molecule has 12 heteroatoms. The van der Waals surface area contributed by atoms with Crippen molar-refractivity contribution in [2.75, 3.05) is 53.9 Å². The average Bonchev–Trinajstić information content (AvgIpc) is 3.49. The van der Waals surface area contributed by atoms with Gasteiger partial charge in [0.25, 0.3) is 0 Å². The number of carbonyl (C=O) groups is 2. The van der Waals surface area contributed by atoms with E-state index in [0.717, 1.165) is 0 Å². The van der Waals surface area contributed by atoms with E-state index >= 15 is 0 Å². The number of phenolic OH excluding ortho intramolecular Hbond substituents is 1. The van der Waals surface area contributed by atoms with Crippen molar-refractivity contribution in [3.63, 3.8) is 0 Å². The molecule has 1 aromatic heterocycles. The second-order valence-electron chi connectivity index (χ2n) is 9.30. The first-order chi connectivity index (χ1) is 21.4. The number of aromatic hydroxyl groups is 1. The van der Waals surface area contributed by atoms with Crippen LogP contribution in [-0.2, 0) is 37.0 Å². The lowest BCUT2D eigenvalue weighted by Gasteiger charge is -2.10. The Kier molecular flexibility index (Phi) is 14.6. The molecule has 0 atom stereocenters. The van der Waals surface area contributed by atoms with E-state index in [1.165, 1.54) is 32.4 Å². The molecule has 3 aromatic rings. The maximum absolute atomic E-state index is 12.3. The summed E-state index contributed by atoms with van der Waals surface area (Å²) in [6.45, 7) is 5.96. The van der Waals surface area contributed by atoms with Crippen molar-refractivity contribution in [3.8, 4) is 23.0 Å². The van der Waals surface area contributed by atoms with Gasteiger partial charge in [-0.1, -0.05) is 29.5 Å². The Labute approximate surface area is 256 Å². The number of carbonyl (C=O) groups excluding carboxylic acids is 2. The van der Waals surface area contributed by atoms with Gasteiger partial charge in [0.2, 0.25) is 0 Å². The number of hydrogen-bond donors (Lipinski definition) is 1.